The topological polar surface area (TPSA) is 46.8 Å². The first kappa shape index (κ1) is 10.5. The lowest BCUT2D eigenvalue weighted by Gasteiger charge is -2.31. The second-order valence-electron chi connectivity index (χ2n) is 4.90. The molecule has 0 amide bonds. The van der Waals surface area contributed by atoms with E-state index in [4.69, 9.17) is 0 Å². The van der Waals surface area contributed by atoms with Gasteiger partial charge in [0.1, 0.15) is 12.1 Å². The van der Waals surface area contributed by atoms with E-state index >= 15 is 0 Å². The van der Waals surface area contributed by atoms with Crippen LogP contribution in [0.5, 0.6) is 0 Å². The molecule has 0 bridgehead atoms. The number of aromatic nitrogens is 4. The lowest BCUT2D eigenvalue weighted by Crippen LogP contribution is -2.34. The molecule has 17 heavy (non-hydrogen) atoms. The molecule has 1 aliphatic heterocycles. The number of rotatable bonds is 1. The Kier molecular flexibility index (Phi) is 2.46. The average Bonchev–Trinajstić information content (AvgIpc) is 2.71. The fraction of sp³-hybridized carbons (Fsp3) is 0.583. The number of hydrogen-bond donors (Lipinski definition) is 0. The van der Waals surface area contributed by atoms with Crippen molar-refractivity contribution in [3.05, 3.63) is 12.5 Å². The first-order valence-corrected chi connectivity index (χ1v) is 6.13. The van der Waals surface area contributed by atoms with E-state index in [-0.39, 0.29) is 0 Å². The molecule has 0 aliphatic carbocycles. The minimum Gasteiger partial charge on any atom is -0.356 e. The molecule has 1 saturated heterocycles. The molecule has 1 atom stereocenters. The molecule has 3 heterocycles. The Labute approximate surface area is 100 Å². The highest BCUT2D eigenvalue weighted by atomic mass is 15.3. The third kappa shape index (κ3) is 1.75. The predicted molar refractivity (Wildman–Crippen MR) is 66.9 cm³/mol. The summed E-state index contributed by atoms with van der Waals surface area (Å²) in [7, 11) is 1.91. The Morgan fingerprint density at radius 1 is 1.35 bits per heavy atom. The van der Waals surface area contributed by atoms with Crippen LogP contribution < -0.4 is 4.90 Å². The highest BCUT2D eigenvalue weighted by molar-refractivity contribution is 5.86. The van der Waals surface area contributed by atoms with Crippen molar-refractivity contribution in [2.75, 3.05) is 18.0 Å². The minimum atomic E-state index is 0.741. The first-order valence-electron chi connectivity index (χ1n) is 6.13. The van der Waals surface area contributed by atoms with Gasteiger partial charge in [-0.3, -0.25) is 4.68 Å². The molecule has 5 nitrogen and oxygen atoms in total. The smallest absolute Gasteiger partial charge is 0.163 e. The highest BCUT2D eigenvalue weighted by Gasteiger charge is 2.20. The van der Waals surface area contributed by atoms with E-state index in [0.29, 0.717) is 0 Å². The highest BCUT2D eigenvalue weighted by Crippen LogP contribution is 2.26. The summed E-state index contributed by atoms with van der Waals surface area (Å²) in [6.45, 7) is 4.47. The Hall–Kier alpha value is -1.65. The Morgan fingerprint density at radius 3 is 3.06 bits per heavy atom. The van der Waals surface area contributed by atoms with Gasteiger partial charge in [0.2, 0.25) is 0 Å². The van der Waals surface area contributed by atoms with Crippen molar-refractivity contribution in [2.24, 2.45) is 13.0 Å². The van der Waals surface area contributed by atoms with Crippen LogP contribution in [0.4, 0.5) is 5.82 Å². The lowest BCUT2D eigenvalue weighted by atomic mass is 10.0. The maximum Gasteiger partial charge on any atom is 0.163 e. The molecular formula is C12H17N5. The molecule has 3 rings (SSSR count). The molecule has 0 radical (unpaired) electrons. The van der Waals surface area contributed by atoms with Crippen molar-refractivity contribution in [3.63, 3.8) is 0 Å². The molecule has 0 unspecified atom stereocenters. The van der Waals surface area contributed by atoms with E-state index in [1.807, 2.05) is 13.2 Å². The molecule has 2 aromatic heterocycles. The zero-order chi connectivity index (χ0) is 11.8. The van der Waals surface area contributed by atoms with Crippen molar-refractivity contribution in [1.82, 2.24) is 19.7 Å². The van der Waals surface area contributed by atoms with Gasteiger partial charge in [0, 0.05) is 20.1 Å². The van der Waals surface area contributed by atoms with Crippen LogP contribution in [0.1, 0.15) is 19.8 Å². The quantitative estimate of drug-likeness (QED) is 0.748. The minimum absolute atomic E-state index is 0.741. The molecule has 2 aromatic rings. The monoisotopic (exact) mass is 231 g/mol. The number of anilines is 1. The molecule has 1 aliphatic rings. The molecule has 90 valence electrons. The van der Waals surface area contributed by atoms with Crippen LogP contribution in [0.2, 0.25) is 0 Å². The van der Waals surface area contributed by atoms with Crippen LogP contribution in [0, 0.1) is 5.92 Å². The SMILES string of the molecule is C[C@@H]1CCCN(c2ncnc3c2cnn3C)C1. The largest absolute Gasteiger partial charge is 0.356 e. The lowest BCUT2D eigenvalue weighted by molar-refractivity contribution is 0.445. The Morgan fingerprint density at radius 2 is 2.24 bits per heavy atom. The van der Waals surface area contributed by atoms with Gasteiger partial charge >= 0.3 is 0 Å². The van der Waals surface area contributed by atoms with Crippen LogP contribution in [0.25, 0.3) is 11.0 Å². The van der Waals surface area contributed by atoms with Crippen LogP contribution in [0.3, 0.4) is 0 Å². The van der Waals surface area contributed by atoms with Crippen molar-refractivity contribution in [2.45, 2.75) is 19.8 Å². The van der Waals surface area contributed by atoms with Gasteiger partial charge in [-0.2, -0.15) is 5.10 Å². The average molecular weight is 231 g/mol. The molecule has 0 saturated carbocycles. The standard InChI is InChI=1S/C12H17N5/c1-9-4-3-5-17(7-9)12-10-6-15-16(2)11(10)13-8-14-12/h6,8-9H,3-5,7H2,1-2H3/t9-/m1/s1. The number of hydrogen-bond acceptors (Lipinski definition) is 4. The number of nitrogens with zero attached hydrogens (tertiary/aromatic N) is 5. The summed E-state index contributed by atoms with van der Waals surface area (Å²) in [5.41, 5.74) is 0.910. The fourth-order valence-corrected chi connectivity index (χ4v) is 2.58. The van der Waals surface area contributed by atoms with Gasteiger partial charge in [-0.25, -0.2) is 9.97 Å². The van der Waals surface area contributed by atoms with Gasteiger partial charge in [-0.1, -0.05) is 6.92 Å². The number of fused-ring (bicyclic) bond motifs is 1. The summed E-state index contributed by atoms with van der Waals surface area (Å²) in [5.74, 6) is 1.78. The van der Waals surface area contributed by atoms with Gasteiger partial charge in [0.15, 0.2) is 5.65 Å². The Balaban J connectivity index is 2.04. The predicted octanol–water partition coefficient (Wildman–Crippen LogP) is 1.60. The second-order valence-corrected chi connectivity index (χ2v) is 4.90. The van der Waals surface area contributed by atoms with E-state index in [0.717, 1.165) is 35.9 Å². The van der Waals surface area contributed by atoms with Crippen LogP contribution in [-0.4, -0.2) is 32.8 Å². The summed E-state index contributed by atoms with van der Waals surface area (Å²) >= 11 is 0. The summed E-state index contributed by atoms with van der Waals surface area (Å²) < 4.78 is 1.80. The van der Waals surface area contributed by atoms with E-state index in [1.165, 1.54) is 12.8 Å². The van der Waals surface area contributed by atoms with Gasteiger partial charge in [0.05, 0.1) is 11.6 Å². The summed E-state index contributed by atoms with van der Waals surface area (Å²) in [5, 5.41) is 5.32. The van der Waals surface area contributed by atoms with Crippen molar-refractivity contribution >= 4 is 16.9 Å². The van der Waals surface area contributed by atoms with E-state index in [9.17, 15) is 0 Å². The first-order chi connectivity index (χ1) is 8.25. The van der Waals surface area contributed by atoms with Crippen LogP contribution >= 0.6 is 0 Å². The Bertz CT molecular complexity index is 533. The van der Waals surface area contributed by atoms with Gasteiger partial charge in [-0.15, -0.1) is 0 Å². The molecule has 5 heteroatoms. The number of piperidine rings is 1. The summed E-state index contributed by atoms with van der Waals surface area (Å²) in [4.78, 5) is 11.1. The fourth-order valence-electron chi connectivity index (χ4n) is 2.58. The molecule has 1 fully saturated rings. The van der Waals surface area contributed by atoms with Gasteiger partial charge in [0.25, 0.3) is 0 Å². The third-order valence-electron chi connectivity index (χ3n) is 3.46. The third-order valence-corrected chi connectivity index (χ3v) is 3.46. The van der Waals surface area contributed by atoms with Crippen molar-refractivity contribution in [3.8, 4) is 0 Å². The van der Waals surface area contributed by atoms with E-state index < -0.39 is 0 Å². The number of aryl methyl sites for hydroxylation is 1. The van der Waals surface area contributed by atoms with Crippen LogP contribution in [-0.2, 0) is 7.05 Å². The summed E-state index contributed by atoms with van der Waals surface area (Å²) in [6, 6.07) is 0. The zero-order valence-corrected chi connectivity index (χ0v) is 10.3. The van der Waals surface area contributed by atoms with Crippen molar-refractivity contribution < 1.29 is 0 Å². The van der Waals surface area contributed by atoms with Crippen LogP contribution in [0.15, 0.2) is 12.5 Å². The van der Waals surface area contributed by atoms with Gasteiger partial charge < -0.3 is 4.90 Å². The van der Waals surface area contributed by atoms with E-state index in [2.05, 4.69) is 26.9 Å². The van der Waals surface area contributed by atoms with Crippen molar-refractivity contribution in [1.29, 1.82) is 0 Å². The maximum absolute atomic E-state index is 4.44. The molecule has 0 N–H and O–H groups in total. The normalized spacial score (nSPS) is 21.1. The molecule has 0 spiro atoms. The maximum atomic E-state index is 4.44. The zero-order valence-electron chi connectivity index (χ0n) is 10.3. The van der Waals surface area contributed by atoms with E-state index in [1.54, 1.807) is 11.0 Å². The van der Waals surface area contributed by atoms with Gasteiger partial charge in [-0.05, 0) is 18.8 Å². The molecule has 0 aromatic carbocycles. The second kappa shape index (κ2) is 3.98. The molecular weight excluding hydrogens is 214 g/mol. The summed E-state index contributed by atoms with van der Waals surface area (Å²) in [6.07, 6.45) is 6.06.